The molecule has 0 bridgehead atoms. The molecule has 0 aliphatic heterocycles. The topological polar surface area (TPSA) is 35.2 Å². The molecule has 0 unspecified atom stereocenters. The second kappa shape index (κ2) is 4.28. The molecule has 1 rings (SSSR count). The Morgan fingerprint density at radius 1 is 1.46 bits per heavy atom. The lowest BCUT2D eigenvalue weighted by Crippen LogP contribution is -2.02. The van der Waals surface area contributed by atoms with E-state index in [4.69, 9.17) is 22.1 Å². The molecule has 0 heterocycles. The van der Waals surface area contributed by atoms with E-state index in [0.717, 1.165) is 6.07 Å². The first-order valence-corrected chi connectivity index (χ1v) is 3.96. The fourth-order valence-electron chi connectivity index (χ4n) is 0.818. The Kier molecular flexibility index (Phi) is 3.31. The minimum absolute atomic E-state index is 0.0786. The van der Waals surface area contributed by atoms with Crippen molar-refractivity contribution in [3.63, 3.8) is 0 Å². The SMILES string of the molecule is Nc1cc(Cl)c(F)cc1OCCF. The molecule has 0 spiro atoms. The Balaban J connectivity index is 2.88. The first-order chi connectivity index (χ1) is 6.15. The number of hydrogen-bond donors (Lipinski definition) is 1. The monoisotopic (exact) mass is 207 g/mol. The molecule has 5 heteroatoms. The standard InChI is InChI=1S/C8H8ClF2NO/c9-5-3-7(12)8(4-6(5)11)13-2-1-10/h3-4H,1-2,12H2. The highest BCUT2D eigenvalue weighted by Crippen LogP contribution is 2.27. The van der Waals surface area contributed by atoms with Crippen molar-refractivity contribution in [1.29, 1.82) is 0 Å². The van der Waals surface area contributed by atoms with Gasteiger partial charge in [0.05, 0.1) is 10.7 Å². The number of nitrogen functional groups attached to an aromatic ring is 1. The number of nitrogens with two attached hydrogens (primary N) is 1. The van der Waals surface area contributed by atoms with Gasteiger partial charge in [-0.05, 0) is 6.07 Å². The van der Waals surface area contributed by atoms with Gasteiger partial charge in [0.1, 0.15) is 24.8 Å². The van der Waals surface area contributed by atoms with E-state index in [-0.39, 0.29) is 23.1 Å². The van der Waals surface area contributed by atoms with Crippen molar-refractivity contribution in [1.82, 2.24) is 0 Å². The molecular formula is C8H8ClF2NO. The first-order valence-electron chi connectivity index (χ1n) is 3.58. The molecule has 72 valence electrons. The van der Waals surface area contributed by atoms with Crippen molar-refractivity contribution < 1.29 is 13.5 Å². The van der Waals surface area contributed by atoms with E-state index >= 15 is 0 Å². The zero-order valence-electron chi connectivity index (χ0n) is 6.69. The molecule has 1 aromatic rings. The molecule has 2 N–H and O–H groups in total. The molecule has 0 aromatic heterocycles. The van der Waals surface area contributed by atoms with Crippen LogP contribution in [0.4, 0.5) is 14.5 Å². The molecule has 0 saturated heterocycles. The van der Waals surface area contributed by atoms with Gasteiger partial charge in [-0.25, -0.2) is 8.78 Å². The number of alkyl halides is 1. The number of halogens is 3. The highest BCUT2D eigenvalue weighted by Gasteiger charge is 2.06. The molecule has 0 aliphatic rings. The molecule has 0 amide bonds. The molecule has 0 radical (unpaired) electrons. The summed E-state index contributed by atoms with van der Waals surface area (Å²) >= 11 is 5.44. The van der Waals surface area contributed by atoms with Crippen molar-refractivity contribution in [2.24, 2.45) is 0 Å². The molecule has 13 heavy (non-hydrogen) atoms. The Labute approximate surface area is 79.2 Å². The zero-order chi connectivity index (χ0) is 9.84. The van der Waals surface area contributed by atoms with Crippen LogP contribution in [0.1, 0.15) is 0 Å². The normalized spacial score (nSPS) is 10.1. The fourth-order valence-corrected chi connectivity index (χ4v) is 0.990. The van der Waals surface area contributed by atoms with Gasteiger partial charge in [0, 0.05) is 6.07 Å². The van der Waals surface area contributed by atoms with Crippen LogP contribution in [0.15, 0.2) is 12.1 Å². The van der Waals surface area contributed by atoms with Gasteiger partial charge in [0.15, 0.2) is 0 Å². The predicted octanol–water partition coefficient (Wildman–Crippen LogP) is 2.41. The summed E-state index contributed by atoms with van der Waals surface area (Å²) < 4.78 is 29.4. The summed E-state index contributed by atoms with van der Waals surface area (Å²) in [5.41, 5.74) is 5.63. The summed E-state index contributed by atoms with van der Waals surface area (Å²) in [6.07, 6.45) is 0. The Hall–Kier alpha value is -1.03. The Bertz CT molecular complexity index is 306. The van der Waals surface area contributed by atoms with Gasteiger partial charge in [-0.2, -0.15) is 0 Å². The van der Waals surface area contributed by atoms with Crippen LogP contribution in [0, 0.1) is 5.82 Å². The van der Waals surface area contributed by atoms with E-state index in [2.05, 4.69) is 0 Å². The molecule has 0 saturated carbocycles. The van der Waals surface area contributed by atoms with Gasteiger partial charge in [-0.1, -0.05) is 11.6 Å². The minimum Gasteiger partial charge on any atom is -0.489 e. The number of anilines is 1. The van der Waals surface area contributed by atoms with Crippen LogP contribution in [-0.2, 0) is 0 Å². The third-order valence-electron chi connectivity index (χ3n) is 1.39. The minimum atomic E-state index is -0.649. The Morgan fingerprint density at radius 2 is 2.15 bits per heavy atom. The third kappa shape index (κ3) is 2.45. The highest BCUT2D eigenvalue weighted by molar-refractivity contribution is 6.31. The lowest BCUT2D eigenvalue weighted by molar-refractivity contribution is 0.273. The van der Waals surface area contributed by atoms with Crippen LogP contribution in [0.2, 0.25) is 5.02 Å². The fraction of sp³-hybridized carbons (Fsp3) is 0.250. The van der Waals surface area contributed by atoms with Crippen LogP contribution in [0.3, 0.4) is 0 Å². The van der Waals surface area contributed by atoms with Gasteiger partial charge in [0.25, 0.3) is 0 Å². The highest BCUT2D eigenvalue weighted by atomic mass is 35.5. The lowest BCUT2D eigenvalue weighted by atomic mass is 10.3. The quantitative estimate of drug-likeness (QED) is 0.773. The van der Waals surface area contributed by atoms with Crippen molar-refractivity contribution in [2.75, 3.05) is 19.0 Å². The smallest absolute Gasteiger partial charge is 0.145 e. The number of ether oxygens (including phenoxy) is 1. The molecule has 0 aliphatic carbocycles. The van der Waals surface area contributed by atoms with Crippen molar-refractivity contribution >= 4 is 17.3 Å². The van der Waals surface area contributed by atoms with Crippen molar-refractivity contribution in [3.05, 3.63) is 23.0 Å². The summed E-state index contributed by atoms with van der Waals surface area (Å²) in [5, 5.41) is -0.0786. The number of hydrogen-bond acceptors (Lipinski definition) is 2. The Morgan fingerprint density at radius 3 is 2.77 bits per heavy atom. The van der Waals surface area contributed by atoms with Crippen LogP contribution in [0.5, 0.6) is 5.75 Å². The number of rotatable bonds is 3. The molecular weight excluding hydrogens is 200 g/mol. The summed E-state index contributed by atoms with van der Waals surface area (Å²) in [6.45, 7) is -0.797. The van der Waals surface area contributed by atoms with Crippen LogP contribution >= 0.6 is 11.6 Å². The van der Waals surface area contributed by atoms with Gasteiger partial charge < -0.3 is 10.5 Å². The van der Waals surface area contributed by atoms with E-state index in [9.17, 15) is 8.78 Å². The number of benzene rings is 1. The predicted molar refractivity (Wildman–Crippen MR) is 47.3 cm³/mol. The van der Waals surface area contributed by atoms with Gasteiger partial charge in [-0.15, -0.1) is 0 Å². The zero-order valence-corrected chi connectivity index (χ0v) is 7.44. The first kappa shape index (κ1) is 10.1. The van der Waals surface area contributed by atoms with Gasteiger partial charge >= 0.3 is 0 Å². The lowest BCUT2D eigenvalue weighted by Gasteiger charge is -2.07. The molecule has 0 atom stereocenters. The average Bonchev–Trinajstić information content (AvgIpc) is 2.09. The molecule has 0 fully saturated rings. The summed E-state index contributed by atoms with van der Waals surface area (Å²) in [5.74, 6) is -0.524. The second-order valence-electron chi connectivity index (χ2n) is 2.34. The average molecular weight is 208 g/mol. The van der Waals surface area contributed by atoms with Crippen LogP contribution in [0.25, 0.3) is 0 Å². The van der Waals surface area contributed by atoms with Crippen LogP contribution in [-0.4, -0.2) is 13.3 Å². The summed E-state index contributed by atoms with van der Waals surface area (Å²) in [6, 6.07) is 2.26. The van der Waals surface area contributed by atoms with E-state index in [1.165, 1.54) is 6.07 Å². The van der Waals surface area contributed by atoms with E-state index < -0.39 is 12.5 Å². The largest absolute Gasteiger partial charge is 0.489 e. The van der Waals surface area contributed by atoms with Crippen molar-refractivity contribution in [2.45, 2.75) is 0 Å². The second-order valence-corrected chi connectivity index (χ2v) is 2.75. The molecule has 1 aromatic carbocycles. The van der Waals surface area contributed by atoms with Gasteiger partial charge in [0.2, 0.25) is 0 Å². The van der Waals surface area contributed by atoms with Gasteiger partial charge in [-0.3, -0.25) is 0 Å². The summed E-state index contributed by atoms with van der Waals surface area (Å²) in [4.78, 5) is 0. The van der Waals surface area contributed by atoms with E-state index in [0.29, 0.717) is 0 Å². The third-order valence-corrected chi connectivity index (χ3v) is 1.68. The maximum absolute atomic E-state index is 12.8. The van der Waals surface area contributed by atoms with Crippen LogP contribution < -0.4 is 10.5 Å². The maximum atomic E-state index is 12.8. The van der Waals surface area contributed by atoms with Crippen molar-refractivity contribution in [3.8, 4) is 5.75 Å². The summed E-state index contributed by atoms with van der Waals surface area (Å²) in [7, 11) is 0. The van der Waals surface area contributed by atoms with E-state index in [1.54, 1.807) is 0 Å². The maximum Gasteiger partial charge on any atom is 0.145 e. The molecule has 2 nitrogen and oxygen atoms in total. The van der Waals surface area contributed by atoms with E-state index in [1.807, 2.05) is 0 Å².